The Morgan fingerprint density at radius 1 is 1.08 bits per heavy atom. The first kappa shape index (κ1) is 17.3. The normalized spacial score (nSPS) is 12.0. The van der Waals surface area contributed by atoms with E-state index in [0.717, 1.165) is 15.5 Å². The van der Waals surface area contributed by atoms with Gasteiger partial charge < -0.3 is 15.7 Å². The number of hydrogen-bond donors (Lipinski definition) is 4. The summed E-state index contributed by atoms with van der Waals surface area (Å²) in [6, 6.07) is 16.0. The van der Waals surface area contributed by atoms with Crippen molar-refractivity contribution in [2.24, 2.45) is 0 Å². The zero-order valence-corrected chi connectivity index (χ0v) is 15.0. The summed E-state index contributed by atoms with van der Waals surface area (Å²) >= 11 is 1.66. The molecule has 0 aliphatic rings. The van der Waals surface area contributed by atoms with E-state index in [1.54, 1.807) is 18.7 Å². The lowest BCUT2D eigenvalue weighted by Gasteiger charge is -2.12. The number of aryl methyl sites for hydroxylation is 1. The standard InChI is InChI=1S/C18H21N5OS/c1-12-8-18(23-22-12)21-17-10-15(25-14-6-4-3-5-7-14)9-16(20-17)19-11-13(2)24/h3-10,13,24H,11H2,1-2H3,(H3,19,20,21,22,23)/t13-/m1/s1. The van der Waals surface area contributed by atoms with Crippen LogP contribution in [0.2, 0.25) is 0 Å². The van der Waals surface area contributed by atoms with Crippen LogP contribution in [0.15, 0.2) is 58.3 Å². The first-order valence-electron chi connectivity index (χ1n) is 8.04. The van der Waals surface area contributed by atoms with Crippen LogP contribution in [0.4, 0.5) is 17.5 Å². The number of aromatic nitrogens is 3. The summed E-state index contributed by atoms with van der Waals surface area (Å²) in [4.78, 5) is 6.75. The van der Waals surface area contributed by atoms with Gasteiger partial charge in [-0.15, -0.1) is 0 Å². The Morgan fingerprint density at radius 2 is 1.84 bits per heavy atom. The molecule has 4 N–H and O–H groups in total. The molecule has 1 atom stereocenters. The van der Waals surface area contributed by atoms with Gasteiger partial charge in [-0.25, -0.2) is 4.98 Å². The molecule has 1 aromatic carbocycles. The summed E-state index contributed by atoms with van der Waals surface area (Å²) in [7, 11) is 0. The second-order valence-corrected chi connectivity index (χ2v) is 6.93. The quantitative estimate of drug-likeness (QED) is 0.516. The van der Waals surface area contributed by atoms with Gasteiger partial charge in [0.2, 0.25) is 0 Å². The van der Waals surface area contributed by atoms with Gasteiger partial charge in [-0.3, -0.25) is 5.10 Å². The van der Waals surface area contributed by atoms with Crippen LogP contribution < -0.4 is 10.6 Å². The molecule has 2 heterocycles. The van der Waals surface area contributed by atoms with E-state index in [-0.39, 0.29) is 0 Å². The number of hydrogen-bond acceptors (Lipinski definition) is 6. The molecule has 0 fully saturated rings. The maximum Gasteiger partial charge on any atom is 0.153 e. The molecule has 0 aliphatic heterocycles. The number of pyridine rings is 1. The number of aliphatic hydroxyl groups is 1. The van der Waals surface area contributed by atoms with E-state index in [0.29, 0.717) is 24.0 Å². The average molecular weight is 355 g/mol. The van der Waals surface area contributed by atoms with Gasteiger partial charge in [0.15, 0.2) is 5.82 Å². The van der Waals surface area contributed by atoms with Crippen molar-refractivity contribution >= 4 is 29.2 Å². The number of aromatic amines is 1. The Kier molecular flexibility index (Phi) is 5.57. The lowest BCUT2D eigenvalue weighted by atomic mass is 10.3. The topological polar surface area (TPSA) is 85.9 Å². The molecule has 0 aliphatic carbocycles. The third-order valence-corrected chi connectivity index (χ3v) is 4.30. The van der Waals surface area contributed by atoms with E-state index in [9.17, 15) is 5.11 Å². The van der Waals surface area contributed by atoms with Gasteiger partial charge >= 0.3 is 0 Å². The highest BCUT2D eigenvalue weighted by atomic mass is 32.2. The van der Waals surface area contributed by atoms with Crippen molar-refractivity contribution in [3.63, 3.8) is 0 Å². The lowest BCUT2D eigenvalue weighted by molar-refractivity contribution is 0.208. The van der Waals surface area contributed by atoms with Crippen molar-refractivity contribution in [3.05, 3.63) is 54.2 Å². The van der Waals surface area contributed by atoms with Crippen LogP contribution in [0, 0.1) is 6.92 Å². The maximum absolute atomic E-state index is 9.50. The third-order valence-electron chi connectivity index (χ3n) is 3.32. The van der Waals surface area contributed by atoms with Crippen LogP contribution in [0.25, 0.3) is 0 Å². The predicted octanol–water partition coefficient (Wildman–Crippen LogP) is 3.80. The lowest BCUT2D eigenvalue weighted by Crippen LogP contribution is -2.16. The predicted molar refractivity (Wildman–Crippen MR) is 102 cm³/mol. The molecule has 7 heteroatoms. The van der Waals surface area contributed by atoms with E-state index in [4.69, 9.17) is 0 Å². The number of H-pyrrole nitrogens is 1. The molecule has 3 aromatic rings. The number of nitrogens with zero attached hydrogens (tertiary/aromatic N) is 2. The van der Waals surface area contributed by atoms with Crippen LogP contribution in [0.5, 0.6) is 0 Å². The zero-order valence-electron chi connectivity index (χ0n) is 14.2. The zero-order chi connectivity index (χ0) is 17.6. The number of aliphatic hydroxyl groups excluding tert-OH is 1. The highest BCUT2D eigenvalue weighted by molar-refractivity contribution is 7.99. The van der Waals surface area contributed by atoms with Gasteiger partial charge in [0.05, 0.1) is 6.10 Å². The summed E-state index contributed by atoms with van der Waals surface area (Å²) in [5.41, 5.74) is 0.977. The fraction of sp³-hybridized carbons (Fsp3) is 0.222. The monoisotopic (exact) mass is 355 g/mol. The summed E-state index contributed by atoms with van der Waals surface area (Å²) < 4.78 is 0. The van der Waals surface area contributed by atoms with Gasteiger partial charge in [-0.05, 0) is 38.1 Å². The SMILES string of the molecule is Cc1cc(Nc2cc(Sc3ccccc3)cc(NC[C@@H](C)O)n2)n[nH]1. The van der Waals surface area contributed by atoms with E-state index in [1.807, 2.05) is 43.3 Å². The van der Waals surface area contributed by atoms with Crippen LogP contribution in [-0.2, 0) is 0 Å². The molecule has 0 radical (unpaired) electrons. The minimum atomic E-state index is -0.447. The van der Waals surface area contributed by atoms with Crippen molar-refractivity contribution in [1.82, 2.24) is 15.2 Å². The number of anilines is 3. The summed E-state index contributed by atoms with van der Waals surface area (Å²) in [5.74, 6) is 2.12. The molecule has 3 rings (SSSR count). The number of benzene rings is 1. The van der Waals surface area contributed by atoms with Crippen LogP contribution >= 0.6 is 11.8 Å². The van der Waals surface area contributed by atoms with Crippen molar-refractivity contribution < 1.29 is 5.11 Å². The molecule has 130 valence electrons. The molecule has 25 heavy (non-hydrogen) atoms. The van der Waals surface area contributed by atoms with Gasteiger partial charge in [0, 0.05) is 28.1 Å². The van der Waals surface area contributed by atoms with Crippen molar-refractivity contribution in [2.45, 2.75) is 29.7 Å². The minimum Gasteiger partial charge on any atom is -0.392 e. The molecule has 0 unspecified atom stereocenters. The Bertz CT molecular complexity index is 819. The van der Waals surface area contributed by atoms with Gasteiger partial charge in [-0.2, -0.15) is 5.10 Å². The van der Waals surface area contributed by atoms with Crippen LogP contribution in [-0.4, -0.2) is 32.9 Å². The molecule has 0 bridgehead atoms. The largest absolute Gasteiger partial charge is 0.392 e. The fourth-order valence-electron chi connectivity index (χ4n) is 2.21. The molecule has 0 saturated heterocycles. The van der Waals surface area contributed by atoms with Crippen molar-refractivity contribution in [1.29, 1.82) is 0 Å². The summed E-state index contributed by atoms with van der Waals surface area (Å²) in [5, 5.41) is 23.0. The summed E-state index contributed by atoms with van der Waals surface area (Å²) in [6.45, 7) is 4.12. The van der Waals surface area contributed by atoms with Crippen molar-refractivity contribution in [3.8, 4) is 0 Å². The second kappa shape index (κ2) is 8.04. The Morgan fingerprint density at radius 3 is 2.52 bits per heavy atom. The minimum absolute atomic E-state index is 0.438. The Hall–Kier alpha value is -2.51. The highest BCUT2D eigenvalue weighted by Gasteiger charge is 2.07. The maximum atomic E-state index is 9.50. The average Bonchev–Trinajstić information content (AvgIpc) is 2.98. The van der Waals surface area contributed by atoms with E-state index in [2.05, 4.69) is 37.9 Å². The van der Waals surface area contributed by atoms with Gasteiger partial charge in [0.25, 0.3) is 0 Å². The van der Waals surface area contributed by atoms with E-state index < -0.39 is 6.10 Å². The van der Waals surface area contributed by atoms with Gasteiger partial charge in [-0.1, -0.05) is 30.0 Å². The molecular weight excluding hydrogens is 334 g/mol. The Labute approximate surface area is 151 Å². The fourth-order valence-corrected chi connectivity index (χ4v) is 3.12. The molecule has 0 spiro atoms. The number of nitrogens with one attached hydrogen (secondary N) is 3. The highest BCUT2D eigenvalue weighted by Crippen LogP contribution is 2.31. The summed E-state index contributed by atoms with van der Waals surface area (Å²) in [6.07, 6.45) is -0.447. The second-order valence-electron chi connectivity index (χ2n) is 5.78. The first-order valence-corrected chi connectivity index (χ1v) is 8.86. The molecule has 6 nitrogen and oxygen atoms in total. The molecule has 0 saturated carbocycles. The molecule has 2 aromatic heterocycles. The number of rotatable bonds is 7. The Balaban J connectivity index is 1.84. The first-order chi connectivity index (χ1) is 12.1. The van der Waals surface area contributed by atoms with Gasteiger partial charge in [0.1, 0.15) is 11.6 Å². The van der Waals surface area contributed by atoms with Crippen LogP contribution in [0.1, 0.15) is 12.6 Å². The van der Waals surface area contributed by atoms with E-state index in [1.165, 1.54) is 0 Å². The third kappa shape index (κ3) is 5.23. The molecule has 0 amide bonds. The van der Waals surface area contributed by atoms with Crippen molar-refractivity contribution in [2.75, 3.05) is 17.2 Å². The smallest absolute Gasteiger partial charge is 0.153 e. The van der Waals surface area contributed by atoms with E-state index >= 15 is 0 Å². The molecular formula is C18H21N5OS. The van der Waals surface area contributed by atoms with Crippen LogP contribution in [0.3, 0.4) is 0 Å².